The third-order valence-electron chi connectivity index (χ3n) is 3.64. The number of hydrogen-bond acceptors (Lipinski definition) is 5. The summed E-state index contributed by atoms with van der Waals surface area (Å²) in [5.41, 5.74) is 1.59. The second kappa shape index (κ2) is 8.26. The molecule has 0 fully saturated rings. The number of anilines is 2. The van der Waals surface area contributed by atoms with Crippen LogP contribution in [-0.4, -0.2) is 23.9 Å². The van der Waals surface area contributed by atoms with Gasteiger partial charge in [0, 0.05) is 17.1 Å². The van der Waals surface area contributed by atoms with Crippen LogP contribution >= 0.6 is 11.3 Å². The zero-order valence-electron chi connectivity index (χ0n) is 14.1. The van der Waals surface area contributed by atoms with E-state index in [0.29, 0.717) is 22.1 Å². The summed E-state index contributed by atoms with van der Waals surface area (Å²) < 4.78 is 5.27. The molecule has 0 saturated carbocycles. The van der Waals surface area contributed by atoms with Gasteiger partial charge < -0.3 is 10.1 Å². The molecule has 1 aromatic heterocycles. The van der Waals surface area contributed by atoms with E-state index < -0.39 is 0 Å². The molecule has 6 nitrogen and oxygen atoms in total. The summed E-state index contributed by atoms with van der Waals surface area (Å²) in [5.74, 6) is 0.0922. The van der Waals surface area contributed by atoms with Gasteiger partial charge in [0.1, 0.15) is 5.75 Å². The number of ether oxygens (including phenoxy) is 1. The van der Waals surface area contributed by atoms with E-state index in [1.54, 1.807) is 49.0 Å². The maximum atomic E-state index is 12.5. The maximum Gasteiger partial charge on any atom is 0.259 e. The highest BCUT2D eigenvalue weighted by molar-refractivity contribution is 7.13. The predicted octanol–water partition coefficient (Wildman–Crippen LogP) is 3.59. The molecule has 2 aromatic carbocycles. The number of methoxy groups -OCH3 is 1. The van der Waals surface area contributed by atoms with Crippen molar-refractivity contribution in [1.82, 2.24) is 4.98 Å². The van der Waals surface area contributed by atoms with Crippen molar-refractivity contribution >= 4 is 34.0 Å². The second-order valence-corrected chi connectivity index (χ2v) is 6.27. The van der Waals surface area contributed by atoms with Gasteiger partial charge in [-0.15, -0.1) is 11.3 Å². The first-order valence-corrected chi connectivity index (χ1v) is 8.77. The van der Waals surface area contributed by atoms with Gasteiger partial charge in [-0.3, -0.25) is 14.9 Å². The highest BCUT2D eigenvalue weighted by Crippen LogP contribution is 2.21. The zero-order valence-corrected chi connectivity index (χ0v) is 14.9. The van der Waals surface area contributed by atoms with Crippen LogP contribution in [0.1, 0.15) is 15.9 Å². The summed E-state index contributed by atoms with van der Waals surface area (Å²) in [6.07, 6.45) is 1.76. The van der Waals surface area contributed by atoms with Crippen LogP contribution < -0.4 is 15.4 Å². The first-order valence-electron chi connectivity index (χ1n) is 7.89. The lowest BCUT2D eigenvalue weighted by atomic mass is 10.1. The summed E-state index contributed by atoms with van der Waals surface area (Å²) >= 11 is 1.33. The molecule has 7 heteroatoms. The van der Waals surface area contributed by atoms with E-state index in [9.17, 15) is 9.59 Å². The topological polar surface area (TPSA) is 80.3 Å². The van der Waals surface area contributed by atoms with Crippen molar-refractivity contribution in [1.29, 1.82) is 0 Å². The summed E-state index contributed by atoms with van der Waals surface area (Å²) in [5, 5.41) is 7.79. The molecule has 132 valence electrons. The number of hydrogen-bond donors (Lipinski definition) is 2. The number of aromatic nitrogens is 1. The molecule has 0 unspecified atom stereocenters. The van der Waals surface area contributed by atoms with Crippen molar-refractivity contribution in [3.05, 3.63) is 71.2 Å². The molecule has 0 atom stereocenters. The Hall–Kier alpha value is -3.19. The van der Waals surface area contributed by atoms with Gasteiger partial charge in [0.15, 0.2) is 5.13 Å². The molecule has 26 heavy (non-hydrogen) atoms. The molecule has 3 aromatic rings. The minimum atomic E-state index is -0.326. The molecule has 0 aliphatic heterocycles. The Morgan fingerprint density at radius 1 is 1.08 bits per heavy atom. The molecule has 0 radical (unpaired) electrons. The van der Waals surface area contributed by atoms with Gasteiger partial charge in [-0.25, -0.2) is 4.98 Å². The van der Waals surface area contributed by atoms with Crippen LogP contribution in [0.3, 0.4) is 0 Å². The molecule has 0 aliphatic rings. The number of benzene rings is 2. The van der Waals surface area contributed by atoms with Crippen molar-refractivity contribution < 1.29 is 14.3 Å². The Labute approximate surface area is 154 Å². The second-order valence-electron chi connectivity index (χ2n) is 5.37. The molecule has 1 heterocycles. The van der Waals surface area contributed by atoms with Crippen LogP contribution in [-0.2, 0) is 11.2 Å². The molecule has 0 aliphatic carbocycles. The van der Waals surface area contributed by atoms with Crippen LogP contribution in [0.15, 0.2) is 60.1 Å². The lowest BCUT2D eigenvalue weighted by Crippen LogP contribution is -2.19. The number of carbonyl (C=O) groups is 2. The van der Waals surface area contributed by atoms with E-state index in [0.717, 1.165) is 5.56 Å². The largest absolute Gasteiger partial charge is 0.496 e. The fourth-order valence-corrected chi connectivity index (χ4v) is 2.98. The monoisotopic (exact) mass is 367 g/mol. The molecular weight excluding hydrogens is 350 g/mol. The smallest absolute Gasteiger partial charge is 0.259 e. The normalized spacial score (nSPS) is 10.2. The molecule has 0 saturated heterocycles. The minimum Gasteiger partial charge on any atom is -0.496 e. The minimum absolute atomic E-state index is 0.145. The van der Waals surface area contributed by atoms with Gasteiger partial charge in [-0.2, -0.15) is 0 Å². The van der Waals surface area contributed by atoms with E-state index in [-0.39, 0.29) is 18.2 Å². The SMILES string of the molecule is COc1ccccc1CC(=O)Nc1ccccc1C(=O)Nc1nccs1. The van der Waals surface area contributed by atoms with Gasteiger partial charge in [-0.05, 0) is 18.2 Å². The molecule has 2 amide bonds. The van der Waals surface area contributed by atoms with E-state index in [2.05, 4.69) is 15.6 Å². The third kappa shape index (κ3) is 4.25. The fraction of sp³-hybridized carbons (Fsp3) is 0.105. The van der Waals surface area contributed by atoms with Gasteiger partial charge >= 0.3 is 0 Å². The van der Waals surface area contributed by atoms with Crippen molar-refractivity contribution in [3.8, 4) is 5.75 Å². The van der Waals surface area contributed by atoms with Crippen LogP contribution in [0.25, 0.3) is 0 Å². The standard InChI is InChI=1S/C19H17N3O3S/c1-25-16-9-5-2-6-13(16)12-17(23)21-15-8-4-3-7-14(15)18(24)22-19-20-10-11-26-19/h2-11H,12H2,1H3,(H,21,23)(H,20,22,24). The van der Waals surface area contributed by atoms with Crippen LogP contribution in [0, 0.1) is 0 Å². The maximum absolute atomic E-state index is 12.5. The van der Waals surface area contributed by atoms with Gasteiger partial charge in [-0.1, -0.05) is 30.3 Å². The Bertz CT molecular complexity index is 910. The average Bonchev–Trinajstić information content (AvgIpc) is 3.15. The summed E-state index contributed by atoms with van der Waals surface area (Å²) in [6.45, 7) is 0. The fourth-order valence-electron chi connectivity index (χ4n) is 2.46. The zero-order chi connectivity index (χ0) is 18.4. The molecule has 2 N–H and O–H groups in total. The number of thiazole rings is 1. The van der Waals surface area contributed by atoms with Crippen molar-refractivity contribution in [2.45, 2.75) is 6.42 Å². The lowest BCUT2D eigenvalue weighted by Gasteiger charge is -2.12. The van der Waals surface area contributed by atoms with E-state index >= 15 is 0 Å². The average molecular weight is 367 g/mol. The first-order chi connectivity index (χ1) is 12.7. The van der Waals surface area contributed by atoms with Gasteiger partial charge in [0.25, 0.3) is 5.91 Å². The summed E-state index contributed by atoms with van der Waals surface area (Å²) in [7, 11) is 1.56. The molecular formula is C19H17N3O3S. The Balaban J connectivity index is 1.73. The summed E-state index contributed by atoms with van der Waals surface area (Å²) in [4.78, 5) is 28.9. The van der Waals surface area contributed by atoms with Crippen LogP contribution in [0.2, 0.25) is 0 Å². The number of nitrogens with one attached hydrogen (secondary N) is 2. The van der Waals surface area contributed by atoms with E-state index in [4.69, 9.17) is 4.74 Å². The number of para-hydroxylation sites is 2. The lowest BCUT2D eigenvalue weighted by molar-refractivity contribution is -0.115. The quantitative estimate of drug-likeness (QED) is 0.698. The van der Waals surface area contributed by atoms with Crippen LogP contribution in [0.4, 0.5) is 10.8 Å². The number of amides is 2. The molecule has 3 rings (SSSR count). The predicted molar refractivity (Wildman–Crippen MR) is 102 cm³/mol. The molecule has 0 spiro atoms. The summed E-state index contributed by atoms with van der Waals surface area (Å²) in [6, 6.07) is 14.2. The van der Waals surface area contributed by atoms with Crippen LogP contribution in [0.5, 0.6) is 5.75 Å². The van der Waals surface area contributed by atoms with Gasteiger partial charge in [0.05, 0.1) is 24.8 Å². The van der Waals surface area contributed by atoms with Crippen molar-refractivity contribution in [2.24, 2.45) is 0 Å². The Kier molecular flexibility index (Phi) is 5.60. The third-order valence-corrected chi connectivity index (χ3v) is 4.33. The van der Waals surface area contributed by atoms with E-state index in [1.807, 2.05) is 18.2 Å². The first kappa shape index (κ1) is 17.6. The highest BCUT2D eigenvalue weighted by atomic mass is 32.1. The van der Waals surface area contributed by atoms with E-state index in [1.165, 1.54) is 11.3 Å². The number of carbonyl (C=O) groups excluding carboxylic acids is 2. The highest BCUT2D eigenvalue weighted by Gasteiger charge is 2.15. The molecule has 0 bridgehead atoms. The Morgan fingerprint density at radius 2 is 1.85 bits per heavy atom. The van der Waals surface area contributed by atoms with Crippen molar-refractivity contribution in [2.75, 3.05) is 17.7 Å². The Morgan fingerprint density at radius 3 is 2.62 bits per heavy atom. The van der Waals surface area contributed by atoms with Gasteiger partial charge in [0.2, 0.25) is 5.91 Å². The number of nitrogens with zero attached hydrogens (tertiary/aromatic N) is 1. The number of rotatable bonds is 6. The van der Waals surface area contributed by atoms with Crippen molar-refractivity contribution in [3.63, 3.8) is 0 Å².